The van der Waals surface area contributed by atoms with E-state index in [-0.39, 0.29) is 0 Å². The molecule has 2 N–H and O–H groups in total. The number of benzene rings is 1. The van der Waals surface area contributed by atoms with E-state index < -0.39 is 38.6 Å². The summed E-state index contributed by atoms with van der Waals surface area (Å²) in [6.45, 7) is 1.04. The van der Waals surface area contributed by atoms with Crippen LogP contribution in [0.5, 0.6) is 0 Å². The van der Waals surface area contributed by atoms with Crippen LogP contribution in [-0.2, 0) is 14.8 Å². The number of sulfonamides is 1. The van der Waals surface area contributed by atoms with Gasteiger partial charge < -0.3 is 5.11 Å². The maximum atomic E-state index is 13.2. The molecule has 0 aliphatic carbocycles. The lowest BCUT2D eigenvalue weighted by Crippen LogP contribution is -2.39. The molecule has 0 spiro atoms. The van der Waals surface area contributed by atoms with Crippen LogP contribution >= 0.6 is 0 Å². The smallest absolute Gasteiger partial charge is 0.321 e. The van der Waals surface area contributed by atoms with Crippen LogP contribution in [-0.4, -0.2) is 25.5 Å². The van der Waals surface area contributed by atoms with Gasteiger partial charge in [-0.15, -0.1) is 0 Å². The van der Waals surface area contributed by atoms with Crippen molar-refractivity contribution in [3.8, 4) is 0 Å². The minimum atomic E-state index is -4.55. The lowest BCUT2D eigenvalue weighted by Gasteiger charge is -2.11. The van der Waals surface area contributed by atoms with Gasteiger partial charge >= 0.3 is 5.97 Å². The van der Waals surface area contributed by atoms with Gasteiger partial charge in [-0.2, -0.15) is 4.72 Å². The molecule has 0 bridgehead atoms. The molecule has 0 aromatic heterocycles. The molecule has 8 heteroatoms. The van der Waals surface area contributed by atoms with Gasteiger partial charge in [0.1, 0.15) is 17.7 Å². The van der Waals surface area contributed by atoms with Crippen molar-refractivity contribution in [2.75, 3.05) is 0 Å². The Balaban J connectivity index is 3.19. The molecule has 1 atom stereocenters. The number of aliphatic carboxylic acids is 1. The van der Waals surface area contributed by atoms with Crippen LogP contribution in [0.3, 0.4) is 0 Å². The standard InChI is InChI=1S/C9H9F2NO4S/c1-5(9(13)14)12-17(15,16)8-6(10)3-2-4-7(8)11/h2-5,12H,1H3,(H,13,14)/t5-/m1/s1. The van der Waals surface area contributed by atoms with Gasteiger partial charge in [-0.3, -0.25) is 4.79 Å². The van der Waals surface area contributed by atoms with E-state index in [1.54, 1.807) is 4.72 Å². The first kappa shape index (κ1) is 13.5. The minimum Gasteiger partial charge on any atom is -0.480 e. The van der Waals surface area contributed by atoms with Gasteiger partial charge in [-0.25, -0.2) is 17.2 Å². The normalized spacial score (nSPS) is 13.4. The molecule has 5 nitrogen and oxygen atoms in total. The van der Waals surface area contributed by atoms with E-state index in [1.165, 1.54) is 0 Å². The summed E-state index contributed by atoms with van der Waals surface area (Å²) in [4.78, 5) is 9.28. The summed E-state index contributed by atoms with van der Waals surface area (Å²) in [5.41, 5.74) is 0. The van der Waals surface area contributed by atoms with Crippen molar-refractivity contribution in [2.45, 2.75) is 17.9 Å². The average molecular weight is 265 g/mol. The van der Waals surface area contributed by atoms with Crippen LogP contribution in [0.25, 0.3) is 0 Å². The predicted octanol–water partition coefficient (Wildman–Crippen LogP) is 0.716. The van der Waals surface area contributed by atoms with Crippen LogP contribution < -0.4 is 4.72 Å². The molecule has 0 saturated heterocycles. The molecule has 94 valence electrons. The molecule has 0 saturated carbocycles. The topological polar surface area (TPSA) is 83.5 Å². The largest absolute Gasteiger partial charge is 0.480 e. The van der Waals surface area contributed by atoms with Crippen LogP contribution in [0, 0.1) is 11.6 Å². The highest BCUT2D eigenvalue weighted by Crippen LogP contribution is 2.18. The fraction of sp³-hybridized carbons (Fsp3) is 0.222. The summed E-state index contributed by atoms with van der Waals surface area (Å²) in [5.74, 6) is -4.02. The van der Waals surface area contributed by atoms with Crippen molar-refractivity contribution in [2.24, 2.45) is 0 Å². The number of rotatable bonds is 4. The minimum absolute atomic E-state index is 0.767. The van der Waals surface area contributed by atoms with E-state index in [0.29, 0.717) is 0 Å². The van der Waals surface area contributed by atoms with Crippen molar-refractivity contribution >= 4 is 16.0 Å². The van der Waals surface area contributed by atoms with Gasteiger partial charge in [0.15, 0.2) is 4.90 Å². The third-order valence-electron chi connectivity index (χ3n) is 1.89. The Morgan fingerprint density at radius 1 is 1.35 bits per heavy atom. The maximum absolute atomic E-state index is 13.2. The van der Waals surface area contributed by atoms with Gasteiger partial charge in [-0.05, 0) is 19.1 Å². The van der Waals surface area contributed by atoms with Crippen LogP contribution in [0.4, 0.5) is 8.78 Å². The van der Waals surface area contributed by atoms with E-state index >= 15 is 0 Å². The zero-order valence-corrected chi connectivity index (χ0v) is 9.46. The molecule has 0 aliphatic heterocycles. The molecule has 1 rings (SSSR count). The predicted molar refractivity (Wildman–Crippen MR) is 53.8 cm³/mol. The molecule has 1 aromatic carbocycles. The van der Waals surface area contributed by atoms with Gasteiger partial charge in [0.05, 0.1) is 0 Å². The Labute approximate surface area is 96.1 Å². The van der Waals surface area contributed by atoms with Crippen LogP contribution in [0.1, 0.15) is 6.92 Å². The summed E-state index contributed by atoms with van der Waals surface area (Å²) in [6.07, 6.45) is 0. The monoisotopic (exact) mass is 265 g/mol. The Morgan fingerprint density at radius 3 is 2.24 bits per heavy atom. The fourth-order valence-corrected chi connectivity index (χ4v) is 2.41. The van der Waals surface area contributed by atoms with Gasteiger partial charge in [0, 0.05) is 0 Å². The summed E-state index contributed by atoms with van der Waals surface area (Å²) >= 11 is 0. The summed E-state index contributed by atoms with van der Waals surface area (Å²) < 4.78 is 51.1. The molecular formula is C9H9F2NO4S. The summed E-state index contributed by atoms with van der Waals surface area (Å²) in [7, 11) is -4.55. The third-order valence-corrected chi connectivity index (χ3v) is 3.48. The van der Waals surface area contributed by atoms with Crippen molar-refractivity contribution in [1.29, 1.82) is 0 Å². The number of carbonyl (C=O) groups is 1. The summed E-state index contributed by atoms with van der Waals surface area (Å²) in [5, 5.41) is 8.52. The van der Waals surface area contributed by atoms with E-state index in [9.17, 15) is 22.0 Å². The van der Waals surface area contributed by atoms with E-state index in [0.717, 1.165) is 25.1 Å². The van der Waals surface area contributed by atoms with E-state index in [1.807, 2.05) is 0 Å². The number of hydrogen-bond acceptors (Lipinski definition) is 3. The number of halogens is 2. The average Bonchev–Trinajstić information content (AvgIpc) is 2.15. The molecule has 0 amide bonds. The first-order valence-corrected chi connectivity index (χ1v) is 5.93. The van der Waals surface area contributed by atoms with Crippen LogP contribution in [0.2, 0.25) is 0 Å². The van der Waals surface area contributed by atoms with Gasteiger partial charge in [-0.1, -0.05) is 6.07 Å². The highest BCUT2D eigenvalue weighted by Gasteiger charge is 2.27. The maximum Gasteiger partial charge on any atom is 0.321 e. The first-order chi connectivity index (χ1) is 7.75. The number of carboxylic acid groups (broad SMARTS) is 1. The number of nitrogens with one attached hydrogen (secondary N) is 1. The molecule has 1 aromatic rings. The van der Waals surface area contributed by atoms with Crippen molar-refractivity contribution in [3.05, 3.63) is 29.8 Å². The second kappa shape index (κ2) is 4.76. The Kier molecular flexibility index (Phi) is 3.79. The van der Waals surface area contributed by atoms with Gasteiger partial charge in [0.2, 0.25) is 10.0 Å². The Bertz CT molecular complexity index is 524. The quantitative estimate of drug-likeness (QED) is 0.840. The Hall–Kier alpha value is -1.54. The Morgan fingerprint density at radius 2 is 1.82 bits per heavy atom. The molecular weight excluding hydrogens is 256 g/mol. The van der Waals surface area contributed by atoms with Crippen molar-refractivity contribution in [3.63, 3.8) is 0 Å². The number of carboxylic acids is 1. The molecule has 0 radical (unpaired) electrons. The third kappa shape index (κ3) is 2.98. The molecule has 0 heterocycles. The SMILES string of the molecule is C[C@@H](NS(=O)(=O)c1c(F)cccc1F)C(=O)O. The highest BCUT2D eigenvalue weighted by molar-refractivity contribution is 7.89. The first-order valence-electron chi connectivity index (χ1n) is 4.45. The zero-order valence-electron chi connectivity index (χ0n) is 8.65. The van der Waals surface area contributed by atoms with Crippen molar-refractivity contribution < 1.29 is 27.1 Å². The highest BCUT2D eigenvalue weighted by atomic mass is 32.2. The number of hydrogen-bond donors (Lipinski definition) is 2. The molecule has 17 heavy (non-hydrogen) atoms. The second-order valence-corrected chi connectivity index (χ2v) is 4.88. The second-order valence-electron chi connectivity index (χ2n) is 3.23. The lowest BCUT2D eigenvalue weighted by molar-refractivity contribution is -0.138. The van der Waals surface area contributed by atoms with Crippen LogP contribution in [0.15, 0.2) is 23.1 Å². The van der Waals surface area contributed by atoms with Gasteiger partial charge in [0.25, 0.3) is 0 Å². The molecule has 0 fully saturated rings. The lowest BCUT2D eigenvalue weighted by atomic mass is 10.3. The molecule has 0 aliphatic rings. The fourth-order valence-electron chi connectivity index (χ4n) is 1.08. The van der Waals surface area contributed by atoms with Crippen molar-refractivity contribution in [1.82, 2.24) is 4.72 Å². The zero-order chi connectivity index (χ0) is 13.2. The van der Waals surface area contributed by atoms with E-state index in [4.69, 9.17) is 5.11 Å². The molecule has 0 unspecified atom stereocenters. The van der Waals surface area contributed by atoms with E-state index in [2.05, 4.69) is 0 Å². The summed E-state index contributed by atoms with van der Waals surface area (Å²) in [6, 6.07) is 1.05.